The highest BCUT2D eigenvalue weighted by Gasteiger charge is 2.26. The Balaban J connectivity index is 1.83. The average molecular weight is 466 g/mol. The fraction of sp³-hybridized carbons (Fsp3) is 0.250. The minimum atomic E-state index is -1.11. The summed E-state index contributed by atoms with van der Waals surface area (Å²) in [6, 6.07) is 18.9. The van der Waals surface area contributed by atoms with Gasteiger partial charge in [-0.3, -0.25) is 9.79 Å². The molecule has 0 radical (unpaired) electrons. The number of aliphatic imine (C=N–C) groups is 1. The monoisotopic (exact) mass is 465 g/mol. The first-order chi connectivity index (χ1) is 15.9. The smallest absolute Gasteiger partial charge is 0.326 e. The highest BCUT2D eigenvalue weighted by molar-refractivity contribution is 7.14. The van der Waals surface area contributed by atoms with E-state index < -0.39 is 17.9 Å². The van der Waals surface area contributed by atoms with Crippen LogP contribution in [0.3, 0.4) is 0 Å². The molecule has 0 spiro atoms. The Morgan fingerprint density at radius 3 is 2.15 bits per heavy atom. The predicted molar refractivity (Wildman–Crippen MR) is 129 cm³/mol. The second kappa shape index (κ2) is 11.2. The molecule has 1 aromatic heterocycles. The van der Waals surface area contributed by atoms with E-state index >= 15 is 0 Å². The average Bonchev–Trinajstić information content (AvgIpc) is 3.18. The van der Waals surface area contributed by atoms with Crippen LogP contribution in [0, 0.1) is 6.92 Å². The summed E-state index contributed by atoms with van der Waals surface area (Å²) in [7, 11) is 0. The quantitative estimate of drug-likeness (QED) is 0.206. The molecule has 3 rings (SSSR count). The summed E-state index contributed by atoms with van der Waals surface area (Å²) in [5.74, 6) is -1.75. The number of thiazole rings is 1. The topological polar surface area (TPSA) is 144 Å². The van der Waals surface area contributed by atoms with E-state index in [-0.39, 0.29) is 18.3 Å². The highest BCUT2D eigenvalue weighted by Crippen LogP contribution is 2.35. The number of guanidine groups is 1. The number of rotatable bonds is 10. The van der Waals surface area contributed by atoms with E-state index in [4.69, 9.17) is 16.5 Å². The molecule has 0 aliphatic rings. The standard InChI is InChI=1S/C24H27N5O3S/c1-15-20(21(30)29-18(23(31)32)13-8-14-27-24(25)26)33-22(28-15)19(16-9-4-2-5-10-16)17-11-6-3-7-12-17/h2-7,9-12,18-19H,8,13-14H2,1H3,(H,29,30)(H,31,32)(H4,25,26,27)/t18-/m0/s1. The maximum absolute atomic E-state index is 13.0. The molecule has 0 unspecified atom stereocenters. The van der Waals surface area contributed by atoms with Crippen LogP contribution in [-0.4, -0.2) is 40.5 Å². The van der Waals surface area contributed by atoms with Crippen molar-refractivity contribution in [3.05, 3.63) is 87.4 Å². The number of hydrogen-bond acceptors (Lipinski definition) is 5. The predicted octanol–water partition coefficient (Wildman–Crippen LogP) is 2.87. The number of hydrogen-bond donors (Lipinski definition) is 4. The third-order valence-electron chi connectivity index (χ3n) is 5.08. The minimum Gasteiger partial charge on any atom is -0.480 e. The lowest BCUT2D eigenvalue weighted by Gasteiger charge is -2.15. The van der Waals surface area contributed by atoms with E-state index in [1.165, 1.54) is 11.3 Å². The van der Waals surface area contributed by atoms with E-state index in [1.54, 1.807) is 6.92 Å². The van der Waals surface area contributed by atoms with Crippen LogP contribution in [0.2, 0.25) is 0 Å². The minimum absolute atomic E-state index is 0.0508. The lowest BCUT2D eigenvalue weighted by molar-refractivity contribution is -0.139. The first kappa shape index (κ1) is 23.9. The van der Waals surface area contributed by atoms with Crippen molar-refractivity contribution < 1.29 is 14.7 Å². The van der Waals surface area contributed by atoms with Gasteiger partial charge < -0.3 is 21.9 Å². The van der Waals surface area contributed by atoms with E-state index in [1.807, 2.05) is 60.7 Å². The molecular weight excluding hydrogens is 438 g/mol. The summed E-state index contributed by atoms with van der Waals surface area (Å²) in [6.07, 6.45) is 0.630. The summed E-state index contributed by atoms with van der Waals surface area (Å²) < 4.78 is 0. The van der Waals surface area contributed by atoms with Gasteiger partial charge in [-0.25, -0.2) is 9.78 Å². The van der Waals surface area contributed by atoms with Crippen LogP contribution in [-0.2, 0) is 4.79 Å². The number of nitrogens with two attached hydrogens (primary N) is 2. The molecule has 2 aromatic carbocycles. The molecule has 1 atom stereocenters. The molecule has 9 heteroatoms. The molecule has 33 heavy (non-hydrogen) atoms. The Morgan fingerprint density at radius 1 is 1.06 bits per heavy atom. The van der Waals surface area contributed by atoms with Crippen LogP contribution in [0.15, 0.2) is 65.7 Å². The Hall–Kier alpha value is -3.72. The maximum atomic E-state index is 13.0. The van der Waals surface area contributed by atoms with Crippen molar-refractivity contribution in [2.24, 2.45) is 16.5 Å². The Labute approximate surface area is 196 Å². The van der Waals surface area contributed by atoms with Gasteiger partial charge in [0.05, 0.1) is 11.6 Å². The number of aliphatic carboxylic acids is 1. The normalized spacial score (nSPS) is 11.7. The Morgan fingerprint density at radius 2 is 1.64 bits per heavy atom. The highest BCUT2D eigenvalue weighted by atomic mass is 32.1. The SMILES string of the molecule is Cc1nc(C(c2ccccc2)c2ccccc2)sc1C(=O)N[C@@H](CCCN=C(N)N)C(=O)O. The van der Waals surface area contributed by atoms with Gasteiger partial charge in [-0.15, -0.1) is 11.3 Å². The lowest BCUT2D eigenvalue weighted by atomic mass is 9.92. The zero-order valence-electron chi connectivity index (χ0n) is 18.3. The molecule has 3 aromatic rings. The first-order valence-corrected chi connectivity index (χ1v) is 11.3. The molecule has 0 saturated carbocycles. The van der Waals surface area contributed by atoms with Gasteiger partial charge in [0.25, 0.3) is 5.91 Å². The van der Waals surface area contributed by atoms with Gasteiger partial charge in [-0.2, -0.15) is 0 Å². The molecule has 1 heterocycles. The number of benzene rings is 2. The number of aromatic nitrogens is 1. The largest absolute Gasteiger partial charge is 0.480 e. The van der Waals surface area contributed by atoms with Gasteiger partial charge in [0, 0.05) is 6.54 Å². The number of carboxylic acids is 1. The zero-order valence-corrected chi connectivity index (χ0v) is 19.1. The van der Waals surface area contributed by atoms with Gasteiger partial charge in [0.2, 0.25) is 0 Å². The number of nitrogens with zero attached hydrogens (tertiary/aromatic N) is 2. The number of carbonyl (C=O) groups excluding carboxylic acids is 1. The molecule has 8 nitrogen and oxygen atoms in total. The van der Waals surface area contributed by atoms with Crippen molar-refractivity contribution in [1.29, 1.82) is 0 Å². The number of carbonyl (C=O) groups is 2. The summed E-state index contributed by atoms with van der Waals surface area (Å²) in [5.41, 5.74) is 13.3. The van der Waals surface area contributed by atoms with Crippen molar-refractivity contribution in [3.63, 3.8) is 0 Å². The molecule has 0 aliphatic carbocycles. The van der Waals surface area contributed by atoms with Crippen LogP contribution >= 0.6 is 11.3 Å². The lowest BCUT2D eigenvalue weighted by Crippen LogP contribution is -2.40. The molecule has 172 valence electrons. The van der Waals surface area contributed by atoms with Crippen molar-refractivity contribution in [1.82, 2.24) is 10.3 Å². The first-order valence-electron chi connectivity index (χ1n) is 10.5. The van der Waals surface area contributed by atoms with Crippen LogP contribution in [0.5, 0.6) is 0 Å². The third-order valence-corrected chi connectivity index (χ3v) is 6.30. The van der Waals surface area contributed by atoms with E-state index in [2.05, 4.69) is 10.3 Å². The number of nitrogens with one attached hydrogen (secondary N) is 1. The second-order valence-electron chi connectivity index (χ2n) is 7.53. The molecule has 0 saturated heterocycles. The Kier molecular flexibility index (Phi) is 8.15. The van der Waals surface area contributed by atoms with Crippen LogP contribution < -0.4 is 16.8 Å². The molecule has 1 amide bonds. The second-order valence-corrected chi connectivity index (χ2v) is 8.56. The number of amides is 1. The van der Waals surface area contributed by atoms with Crippen LogP contribution in [0.1, 0.15) is 50.3 Å². The van der Waals surface area contributed by atoms with E-state index in [0.29, 0.717) is 23.5 Å². The summed E-state index contributed by atoms with van der Waals surface area (Å²) >= 11 is 1.28. The molecule has 6 N–H and O–H groups in total. The van der Waals surface area contributed by atoms with Crippen molar-refractivity contribution in [2.75, 3.05) is 6.54 Å². The van der Waals surface area contributed by atoms with Gasteiger partial charge in [-0.05, 0) is 30.9 Å². The fourth-order valence-electron chi connectivity index (χ4n) is 3.50. The summed E-state index contributed by atoms with van der Waals surface area (Å²) in [5, 5.41) is 12.9. The Bertz CT molecular complexity index is 1070. The van der Waals surface area contributed by atoms with Crippen molar-refractivity contribution in [3.8, 4) is 0 Å². The molecular formula is C24H27N5O3S. The summed E-state index contributed by atoms with van der Waals surface area (Å²) in [6.45, 7) is 2.05. The molecule has 0 bridgehead atoms. The van der Waals surface area contributed by atoms with Crippen molar-refractivity contribution >= 4 is 29.2 Å². The fourth-order valence-corrected chi connectivity index (χ4v) is 4.63. The number of aryl methyl sites for hydroxylation is 1. The zero-order chi connectivity index (χ0) is 23.8. The van der Waals surface area contributed by atoms with Crippen LogP contribution in [0.4, 0.5) is 0 Å². The van der Waals surface area contributed by atoms with Gasteiger partial charge >= 0.3 is 5.97 Å². The van der Waals surface area contributed by atoms with E-state index in [0.717, 1.165) is 16.1 Å². The third kappa shape index (κ3) is 6.39. The van der Waals surface area contributed by atoms with E-state index in [9.17, 15) is 14.7 Å². The van der Waals surface area contributed by atoms with Gasteiger partial charge in [0.1, 0.15) is 15.9 Å². The molecule has 0 aliphatic heterocycles. The van der Waals surface area contributed by atoms with Crippen LogP contribution in [0.25, 0.3) is 0 Å². The summed E-state index contributed by atoms with van der Waals surface area (Å²) in [4.78, 5) is 33.6. The van der Waals surface area contributed by atoms with Gasteiger partial charge in [0.15, 0.2) is 5.96 Å². The van der Waals surface area contributed by atoms with Crippen molar-refractivity contribution in [2.45, 2.75) is 31.7 Å². The van der Waals surface area contributed by atoms with Gasteiger partial charge in [-0.1, -0.05) is 60.7 Å². The number of carboxylic acid groups (broad SMARTS) is 1. The molecule has 0 fully saturated rings. The maximum Gasteiger partial charge on any atom is 0.326 e.